The summed E-state index contributed by atoms with van der Waals surface area (Å²) in [5.41, 5.74) is 0. The van der Waals surface area contributed by atoms with Crippen molar-refractivity contribution in [3.05, 3.63) is 48.6 Å². The fourth-order valence-corrected chi connectivity index (χ4v) is 2.01. The third-order valence-corrected chi connectivity index (χ3v) is 3.30. The number of carboxylic acid groups (broad SMARTS) is 1. The van der Waals surface area contributed by atoms with Crippen LogP contribution < -0.4 is 5.11 Å². The summed E-state index contributed by atoms with van der Waals surface area (Å²) in [4.78, 5) is 29.7. The molecule has 4 nitrogen and oxygen atoms in total. The summed E-state index contributed by atoms with van der Waals surface area (Å²) in [6.45, 7) is 1.14. The fourth-order valence-electron chi connectivity index (χ4n) is 2.01. The van der Waals surface area contributed by atoms with Crippen molar-refractivity contribution in [2.45, 2.75) is 64.7 Å². The molecule has 2 rings (SSSR count). The van der Waals surface area contributed by atoms with Crippen LogP contribution in [0.4, 0.5) is 0 Å². The minimum absolute atomic E-state index is 0. The first-order valence-electron chi connectivity index (χ1n) is 8.87. The summed E-state index contributed by atoms with van der Waals surface area (Å²) in [7, 11) is 0. The van der Waals surface area contributed by atoms with E-state index in [1.54, 1.807) is 0 Å². The molecule has 0 saturated carbocycles. The molecule has 26 heavy (non-hydrogen) atoms. The molecule has 0 heterocycles. The van der Waals surface area contributed by atoms with Gasteiger partial charge in [-0.3, -0.25) is 9.59 Å². The molecule has 0 atom stereocenters. The largest absolute Gasteiger partial charge is 0.542 e. The predicted molar refractivity (Wildman–Crippen MR) is 98.8 cm³/mol. The van der Waals surface area contributed by atoms with Crippen LogP contribution in [0.1, 0.15) is 64.7 Å². The van der Waals surface area contributed by atoms with Crippen LogP contribution >= 0.6 is 0 Å². The Bertz CT molecular complexity index is 436. The van der Waals surface area contributed by atoms with Crippen molar-refractivity contribution < 1.29 is 39.0 Å². The number of ketones is 2. The minimum Gasteiger partial charge on any atom is -0.542 e. The second-order valence-corrected chi connectivity index (χ2v) is 5.78. The third-order valence-electron chi connectivity index (χ3n) is 3.30. The van der Waals surface area contributed by atoms with Gasteiger partial charge in [-0.2, -0.15) is 0 Å². The molecule has 0 N–H and O–H groups in total. The molecule has 0 spiro atoms. The van der Waals surface area contributed by atoms with Crippen LogP contribution in [-0.4, -0.2) is 17.5 Å². The van der Waals surface area contributed by atoms with Gasteiger partial charge >= 0.3 is 0 Å². The van der Waals surface area contributed by atoms with Gasteiger partial charge in [-0.05, 0) is 58.3 Å². The zero-order chi connectivity index (χ0) is 18.8. The number of allylic oxidation sites excluding steroid dienone is 8. The average molecular weight is 448 g/mol. The standard InChI is InChI=1S/2C8H12.C5H6O4.Rh/c2*1-2-4-6-8-7-5-3-1;1-3(6)2-4(7)5(8)9;/h2*1-2,7-8H,3-6H2;2H2,1H3,(H,8,9);/p-1/b2*2-1-,8-7?;;. The number of rotatable bonds is 3. The molecule has 2 aliphatic carbocycles. The summed E-state index contributed by atoms with van der Waals surface area (Å²) in [6, 6.07) is 0. The van der Waals surface area contributed by atoms with E-state index in [0.29, 0.717) is 0 Å². The van der Waals surface area contributed by atoms with Crippen molar-refractivity contribution in [1.82, 2.24) is 0 Å². The molecule has 0 unspecified atom stereocenters. The van der Waals surface area contributed by atoms with Crippen molar-refractivity contribution in [2.75, 3.05) is 0 Å². The van der Waals surface area contributed by atoms with Crippen LogP contribution in [0, 0.1) is 0 Å². The number of aliphatic carboxylic acids is 1. The van der Waals surface area contributed by atoms with Crippen LogP contribution in [0.5, 0.6) is 0 Å². The Balaban J connectivity index is 0. The summed E-state index contributed by atoms with van der Waals surface area (Å²) < 4.78 is 0. The molecular weight excluding hydrogens is 419 g/mol. The van der Waals surface area contributed by atoms with Gasteiger partial charge in [-0.1, -0.05) is 48.6 Å². The van der Waals surface area contributed by atoms with Crippen LogP contribution in [0.25, 0.3) is 0 Å². The topological polar surface area (TPSA) is 74.3 Å². The Hall–Kier alpha value is -1.61. The maximum atomic E-state index is 10.1. The van der Waals surface area contributed by atoms with Gasteiger partial charge in [0.05, 0.1) is 6.42 Å². The quantitative estimate of drug-likeness (QED) is 0.286. The number of hydrogen-bond donors (Lipinski definition) is 0. The number of carbonyl (C=O) groups is 3. The van der Waals surface area contributed by atoms with Crippen molar-refractivity contribution in [1.29, 1.82) is 0 Å². The zero-order valence-electron chi connectivity index (χ0n) is 15.4. The van der Waals surface area contributed by atoms with Gasteiger partial charge in [0.25, 0.3) is 0 Å². The fraction of sp³-hybridized carbons (Fsp3) is 0.476. The Labute approximate surface area is 169 Å². The molecule has 2 aliphatic rings. The van der Waals surface area contributed by atoms with Crippen LogP contribution in [-0.2, 0) is 33.9 Å². The van der Waals surface area contributed by atoms with E-state index in [9.17, 15) is 19.5 Å². The van der Waals surface area contributed by atoms with Gasteiger partial charge in [-0.25, -0.2) is 0 Å². The number of carboxylic acids is 1. The van der Waals surface area contributed by atoms with E-state index in [2.05, 4.69) is 48.6 Å². The smallest absolute Gasteiger partial charge is 0.185 e. The molecule has 0 saturated heterocycles. The Morgan fingerprint density at radius 1 is 0.654 bits per heavy atom. The van der Waals surface area contributed by atoms with E-state index < -0.39 is 24.0 Å². The molecule has 0 amide bonds. The van der Waals surface area contributed by atoms with Gasteiger partial charge in [0.15, 0.2) is 5.78 Å². The Morgan fingerprint density at radius 3 is 1.00 bits per heavy atom. The second-order valence-electron chi connectivity index (χ2n) is 5.78. The second kappa shape index (κ2) is 19.7. The summed E-state index contributed by atoms with van der Waals surface area (Å²) in [6.07, 6.45) is 27.4. The van der Waals surface area contributed by atoms with E-state index in [0.717, 1.165) is 6.92 Å². The molecule has 0 fully saturated rings. The first kappa shape index (κ1) is 26.6. The average Bonchev–Trinajstić information content (AvgIpc) is 2.46. The van der Waals surface area contributed by atoms with Crippen molar-refractivity contribution >= 4 is 17.5 Å². The maximum Gasteiger partial charge on any atom is 0.185 e. The Kier molecular flexibility index (Phi) is 20.2. The zero-order valence-corrected chi connectivity index (χ0v) is 17.1. The minimum atomic E-state index is -1.80. The molecule has 1 radical (unpaired) electrons. The number of Topliss-reactive ketones (excluding diaryl/α,β-unsaturated/α-hetero) is 2. The molecule has 147 valence electrons. The molecule has 0 aromatic carbocycles. The van der Waals surface area contributed by atoms with E-state index in [4.69, 9.17) is 0 Å². The summed E-state index contributed by atoms with van der Waals surface area (Å²) >= 11 is 0. The number of hydrogen-bond acceptors (Lipinski definition) is 4. The summed E-state index contributed by atoms with van der Waals surface area (Å²) in [5.74, 6) is -3.43. The SMILES string of the molecule is C1=CCC/C=C\CC1.C1=CCC/C=C\CC1.CC(=O)CC(=O)C(=O)[O-].[Rh]. The Morgan fingerprint density at radius 2 is 0.885 bits per heavy atom. The first-order valence-corrected chi connectivity index (χ1v) is 8.87. The van der Waals surface area contributed by atoms with Crippen molar-refractivity contribution in [3.8, 4) is 0 Å². The normalized spacial score (nSPS) is 17.7. The molecule has 0 aromatic rings. The van der Waals surface area contributed by atoms with Gasteiger partial charge in [0.1, 0.15) is 11.8 Å². The molecule has 0 bridgehead atoms. The molecule has 0 aromatic heterocycles. The molecule has 5 heteroatoms. The van der Waals surface area contributed by atoms with E-state index in [1.165, 1.54) is 51.4 Å². The van der Waals surface area contributed by atoms with Crippen molar-refractivity contribution in [3.63, 3.8) is 0 Å². The van der Waals surface area contributed by atoms with Crippen LogP contribution in [0.2, 0.25) is 0 Å². The van der Waals surface area contributed by atoms with Gasteiger partial charge in [0, 0.05) is 19.5 Å². The number of carbonyl (C=O) groups excluding carboxylic acids is 3. The summed E-state index contributed by atoms with van der Waals surface area (Å²) in [5, 5.41) is 9.62. The van der Waals surface area contributed by atoms with E-state index in [1.807, 2.05) is 0 Å². The van der Waals surface area contributed by atoms with Gasteiger partial charge < -0.3 is 9.90 Å². The van der Waals surface area contributed by atoms with E-state index in [-0.39, 0.29) is 19.5 Å². The van der Waals surface area contributed by atoms with Gasteiger partial charge in [0.2, 0.25) is 0 Å². The molecular formula is C21H29O4Rh-. The first-order chi connectivity index (χ1) is 12.0. The van der Waals surface area contributed by atoms with Crippen LogP contribution in [0.3, 0.4) is 0 Å². The monoisotopic (exact) mass is 448 g/mol. The van der Waals surface area contributed by atoms with Crippen LogP contribution in [0.15, 0.2) is 48.6 Å². The maximum absolute atomic E-state index is 10.1. The van der Waals surface area contributed by atoms with Gasteiger partial charge in [-0.15, -0.1) is 0 Å². The predicted octanol–water partition coefficient (Wildman–Crippen LogP) is 3.63. The third kappa shape index (κ3) is 20.4. The van der Waals surface area contributed by atoms with Crippen molar-refractivity contribution in [2.24, 2.45) is 0 Å². The molecule has 0 aliphatic heterocycles. The van der Waals surface area contributed by atoms with E-state index >= 15 is 0 Å².